The normalized spacial score (nSPS) is 11.1. The molecule has 2 aromatic heterocycles. The third-order valence-corrected chi connectivity index (χ3v) is 4.72. The van der Waals surface area contributed by atoms with Crippen LogP contribution in [0.25, 0.3) is 21.8 Å². The summed E-state index contributed by atoms with van der Waals surface area (Å²) in [6.45, 7) is 1.08. The van der Waals surface area contributed by atoms with Gasteiger partial charge in [-0.25, -0.2) is 19.6 Å². The van der Waals surface area contributed by atoms with Crippen molar-refractivity contribution in [2.24, 2.45) is 0 Å². The number of carboxylic acid groups (broad SMARTS) is 2. The number of fused-ring (bicyclic) bond motifs is 2. The molecule has 0 fully saturated rings. The molecule has 2 aromatic carbocycles. The molecule has 0 saturated carbocycles. The van der Waals surface area contributed by atoms with Crippen molar-refractivity contribution in [3.05, 3.63) is 60.7 Å². The summed E-state index contributed by atoms with van der Waals surface area (Å²) in [6.07, 6.45) is -9.42. The fourth-order valence-corrected chi connectivity index (χ4v) is 2.96. The number of aliphatic carboxylic acids is 2. The van der Waals surface area contributed by atoms with Crippen LogP contribution in [0.3, 0.4) is 0 Å². The highest BCUT2D eigenvalue weighted by molar-refractivity contribution is 5.87. The van der Waals surface area contributed by atoms with Crippen LogP contribution in [0.4, 0.5) is 38.0 Å². The monoisotopic (exact) mass is 588 g/mol. The van der Waals surface area contributed by atoms with Gasteiger partial charge in [0.1, 0.15) is 23.1 Å². The lowest BCUT2D eigenvalue weighted by Crippen LogP contribution is -2.21. The summed E-state index contributed by atoms with van der Waals surface area (Å²) in [5.74, 6) is -2.92. The quantitative estimate of drug-likeness (QED) is 0.176. The second-order valence-corrected chi connectivity index (χ2v) is 7.77. The Kier molecular flexibility index (Phi) is 10.9. The van der Waals surface area contributed by atoms with Crippen LogP contribution in [0.2, 0.25) is 0 Å². The number of alkyl halides is 6. The minimum atomic E-state index is -5.08. The average molecular weight is 588 g/mol. The average Bonchev–Trinajstić information content (AvgIpc) is 2.87. The molecule has 0 bridgehead atoms. The highest BCUT2D eigenvalue weighted by Crippen LogP contribution is 2.26. The van der Waals surface area contributed by atoms with Crippen LogP contribution in [0.15, 0.2) is 60.7 Å². The maximum absolute atomic E-state index is 10.6. The van der Waals surface area contributed by atoms with Crippen molar-refractivity contribution in [3.8, 4) is 11.5 Å². The SMILES string of the molecule is Nc1ccc2c(OCCCOc3cccc4nc(N)ccc34)cccc2n1.O=C(O)C(F)(F)F.O=C(O)C(F)(F)F. The van der Waals surface area contributed by atoms with Crippen molar-refractivity contribution in [1.82, 2.24) is 9.97 Å². The van der Waals surface area contributed by atoms with Crippen molar-refractivity contribution < 1.29 is 55.6 Å². The Morgan fingerprint density at radius 2 is 1.00 bits per heavy atom. The number of hydrogen-bond donors (Lipinski definition) is 4. The van der Waals surface area contributed by atoms with E-state index in [4.69, 9.17) is 40.7 Å². The fourth-order valence-electron chi connectivity index (χ4n) is 2.96. The lowest BCUT2D eigenvalue weighted by molar-refractivity contribution is -0.193. The van der Waals surface area contributed by atoms with E-state index in [1.54, 1.807) is 12.1 Å². The number of nitrogen functional groups attached to an aromatic ring is 2. The summed E-state index contributed by atoms with van der Waals surface area (Å²) >= 11 is 0. The molecule has 0 radical (unpaired) electrons. The molecule has 41 heavy (non-hydrogen) atoms. The van der Waals surface area contributed by atoms with Gasteiger partial charge in [0.2, 0.25) is 0 Å². The minimum Gasteiger partial charge on any atom is -0.493 e. The summed E-state index contributed by atoms with van der Waals surface area (Å²) in [5, 5.41) is 16.1. The minimum absolute atomic E-state index is 0.499. The van der Waals surface area contributed by atoms with Crippen LogP contribution in [0.1, 0.15) is 6.42 Å². The molecule has 4 aromatic rings. The molecule has 0 aliphatic rings. The Hall–Kier alpha value is -5.02. The predicted octanol–water partition coefficient (Wildman–Crippen LogP) is 5.06. The second kappa shape index (κ2) is 13.9. The number of carboxylic acids is 2. The third-order valence-electron chi connectivity index (χ3n) is 4.72. The van der Waals surface area contributed by atoms with Crippen molar-refractivity contribution >= 4 is 45.4 Å². The highest BCUT2D eigenvalue weighted by atomic mass is 19.4. The number of carbonyl (C=O) groups is 2. The molecule has 0 saturated heterocycles. The van der Waals surface area contributed by atoms with Gasteiger partial charge in [-0.15, -0.1) is 0 Å². The number of hydrogen-bond acceptors (Lipinski definition) is 8. The first kappa shape index (κ1) is 32.2. The molecule has 0 amide bonds. The van der Waals surface area contributed by atoms with Crippen LogP contribution >= 0.6 is 0 Å². The number of pyridine rings is 2. The zero-order chi connectivity index (χ0) is 30.8. The van der Waals surface area contributed by atoms with Gasteiger partial charge in [-0.1, -0.05) is 12.1 Å². The first-order valence-electron chi connectivity index (χ1n) is 11.3. The second-order valence-electron chi connectivity index (χ2n) is 7.77. The van der Waals surface area contributed by atoms with E-state index in [0.717, 1.165) is 39.7 Å². The number of nitrogens with two attached hydrogens (primary N) is 2. The van der Waals surface area contributed by atoms with Gasteiger partial charge < -0.3 is 31.2 Å². The van der Waals surface area contributed by atoms with E-state index in [1.165, 1.54) is 0 Å². The summed E-state index contributed by atoms with van der Waals surface area (Å²) < 4.78 is 75.3. The number of rotatable bonds is 6. The lowest BCUT2D eigenvalue weighted by Gasteiger charge is -2.11. The van der Waals surface area contributed by atoms with E-state index in [1.807, 2.05) is 48.5 Å². The zero-order valence-corrected chi connectivity index (χ0v) is 20.7. The third kappa shape index (κ3) is 10.2. The zero-order valence-electron chi connectivity index (χ0n) is 20.7. The van der Waals surface area contributed by atoms with Crippen LogP contribution in [0.5, 0.6) is 11.5 Å². The molecule has 0 aliphatic heterocycles. The molecule has 16 heteroatoms. The maximum atomic E-state index is 10.6. The lowest BCUT2D eigenvalue weighted by atomic mass is 10.2. The molecule has 6 N–H and O–H groups in total. The Morgan fingerprint density at radius 3 is 1.32 bits per heavy atom. The van der Waals surface area contributed by atoms with E-state index in [-0.39, 0.29) is 0 Å². The first-order chi connectivity index (χ1) is 19.1. The van der Waals surface area contributed by atoms with Crippen LogP contribution in [-0.2, 0) is 9.59 Å². The van der Waals surface area contributed by atoms with Gasteiger partial charge in [0.25, 0.3) is 0 Å². The van der Waals surface area contributed by atoms with Crippen molar-refractivity contribution in [1.29, 1.82) is 0 Å². The molecule has 0 atom stereocenters. The Balaban J connectivity index is 0.000000349. The van der Waals surface area contributed by atoms with Gasteiger partial charge in [-0.3, -0.25) is 0 Å². The number of anilines is 2. The standard InChI is InChI=1S/C21H20N4O2.2C2HF3O2/c22-20-10-8-14-16(24-20)4-1-6-18(14)26-12-3-13-27-19-7-2-5-17-15(19)9-11-21(23)25-17;2*3-2(4,5)1(6)7/h1-2,4-11H,3,12-13H2,(H2,22,24)(H2,23,25);2*(H,6,7). The molecule has 0 aliphatic carbocycles. The van der Waals surface area contributed by atoms with Gasteiger partial charge >= 0.3 is 24.3 Å². The van der Waals surface area contributed by atoms with E-state index in [9.17, 15) is 26.3 Å². The molecule has 2 heterocycles. The maximum Gasteiger partial charge on any atom is 0.490 e. The van der Waals surface area contributed by atoms with E-state index >= 15 is 0 Å². The largest absolute Gasteiger partial charge is 0.493 e. The molecule has 10 nitrogen and oxygen atoms in total. The Labute approximate surface area is 227 Å². The van der Waals surface area contributed by atoms with E-state index in [2.05, 4.69) is 9.97 Å². The highest BCUT2D eigenvalue weighted by Gasteiger charge is 2.38. The number of ether oxygens (including phenoxy) is 2. The van der Waals surface area contributed by atoms with Gasteiger partial charge in [-0.05, 0) is 48.5 Å². The molecule has 0 unspecified atom stereocenters. The van der Waals surface area contributed by atoms with Crippen LogP contribution in [-0.4, -0.2) is 57.7 Å². The topological polar surface area (TPSA) is 171 Å². The number of nitrogens with zero attached hydrogens (tertiary/aromatic N) is 2. The number of benzene rings is 2. The summed E-state index contributed by atoms with van der Waals surface area (Å²) in [6, 6.07) is 18.9. The molecule has 4 rings (SSSR count). The molecule has 0 spiro atoms. The first-order valence-corrected chi connectivity index (χ1v) is 11.3. The predicted molar refractivity (Wildman–Crippen MR) is 135 cm³/mol. The smallest absolute Gasteiger partial charge is 0.490 e. The molecular weight excluding hydrogens is 566 g/mol. The van der Waals surface area contributed by atoms with Gasteiger partial charge in [0.15, 0.2) is 0 Å². The summed E-state index contributed by atoms with van der Waals surface area (Å²) in [7, 11) is 0. The summed E-state index contributed by atoms with van der Waals surface area (Å²) in [4.78, 5) is 26.4. The Morgan fingerprint density at radius 1 is 0.659 bits per heavy atom. The fraction of sp³-hybridized carbons (Fsp3) is 0.200. The number of aromatic nitrogens is 2. The van der Waals surface area contributed by atoms with Crippen molar-refractivity contribution in [2.45, 2.75) is 18.8 Å². The molecular formula is C25H22F6N4O6. The van der Waals surface area contributed by atoms with Gasteiger partial charge in [0.05, 0.1) is 24.2 Å². The summed E-state index contributed by atoms with van der Waals surface area (Å²) in [5.41, 5.74) is 13.1. The number of halogens is 6. The van der Waals surface area contributed by atoms with Crippen molar-refractivity contribution in [3.63, 3.8) is 0 Å². The van der Waals surface area contributed by atoms with Crippen LogP contribution in [0, 0.1) is 0 Å². The molecule has 220 valence electrons. The van der Waals surface area contributed by atoms with E-state index in [0.29, 0.717) is 24.8 Å². The van der Waals surface area contributed by atoms with E-state index < -0.39 is 24.3 Å². The van der Waals surface area contributed by atoms with Gasteiger partial charge in [0, 0.05) is 17.2 Å². The van der Waals surface area contributed by atoms with Gasteiger partial charge in [-0.2, -0.15) is 26.3 Å². The Bertz CT molecular complexity index is 1390. The van der Waals surface area contributed by atoms with Crippen LogP contribution < -0.4 is 20.9 Å². The van der Waals surface area contributed by atoms with Crippen molar-refractivity contribution in [2.75, 3.05) is 24.7 Å².